The Morgan fingerprint density at radius 1 is 1.00 bits per heavy atom. The van der Waals surface area contributed by atoms with Gasteiger partial charge in [-0.3, -0.25) is 14.6 Å². The van der Waals surface area contributed by atoms with Crippen LogP contribution in [0, 0.1) is 0 Å². The van der Waals surface area contributed by atoms with Crippen molar-refractivity contribution in [2.24, 2.45) is 4.99 Å². The highest BCUT2D eigenvalue weighted by molar-refractivity contribution is 14.0. The number of amides is 2. The van der Waals surface area contributed by atoms with Crippen LogP contribution in [-0.4, -0.2) is 56.4 Å². The van der Waals surface area contributed by atoms with Crippen molar-refractivity contribution in [3.63, 3.8) is 0 Å². The lowest BCUT2D eigenvalue weighted by atomic mass is 10.1. The number of carbonyl (C=O) groups excluding carboxylic acids is 2. The molecule has 1 atom stereocenters. The highest BCUT2D eigenvalue weighted by atomic mass is 127. The Bertz CT molecular complexity index is 946. The zero-order valence-electron chi connectivity index (χ0n) is 20.1. The number of hydrogen-bond donors (Lipinski definition) is 3. The first-order valence-corrected chi connectivity index (χ1v) is 11.0. The molecule has 33 heavy (non-hydrogen) atoms. The van der Waals surface area contributed by atoms with Crippen molar-refractivity contribution in [3.8, 4) is 0 Å². The molecule has 0 bridgehead atoms. The van der Waals surface area contributed by atoms with Crippen molar-refractivity contribution in [1.82, 2.24) is 20.9 Å². The molecule has 0 aliphatic carbocycles. The van der Waals surface area contributed by atoms with Crippen molar-refractivity contribution < 1.29 is 9.59 Å². The monoisotopic (exact) mass is 565 g/mol. The third-order valence-corrected chi connectivity index (χ3v) is 5.15. The molecule has 0 aliphatic heterocycles. The zero-order chi connectivity index (χ0) is 23.5. The van der Waals surface area contributed by atoms with Crippen LogP contribution in [0.5, 0.6) is 0 Å². The summed E-state index contributed by atoms with van der Waals surface area (Å²) in [6, 6.07) is 15.4. The standard InChI is InChI=1S/C25H35N5O2.HI/c1-6-18(2)29-23(31)21-11-8-10-20(16-21)17-28-25(26-3)27-14-13-19-9-7-12-22(15-19)24(32)30(4)5;/h7-12,15-16,18H,6,13-14,17H2,1-5H3,(H,29,31)(H2,26,27,28);1H. The Balaban J connectivity index is 0.00000544. The molecule has 0 fully saturated rings. The smallest absolute Gasteiger partial charge is 0.253 e. The molecule has 2 amide bonds. The molecule has 0 radical (unpaired) electrons. The van der Waals surface area contributed by atoms with E-state index in [9.17, 15) is 9.59 Å². The van der Waals surface area contributed by atoms with Crippen molar-refractivity contribution >= 4 is 41.8 Å². The number of nitrogens with one attached hydrogen (secondary N) is 3. The van der Waals surface area contributed by atoms with Gasteiger partial charge in [0.25, 0.3) is 11.8 Å². The van der Waals surface area contributed by atoms with Crippen LogP contribution in [0.1, 0.15) is 52.1 Å². The van der Waals surface area contributed by atoms with Crippen LogP contribution in [0.2, 0.25) is 0 Å². The van der Waals surface area contributed by atoms with Crippen LogP contribution in [0.3, 0.4) is 0 Å². The van der Waals surface area contributed by atoms with E-state index in [0.29, 0.717) is 30.2 Å². The Kier molecular flexibility index (Phi) is 12.5. The van der Waals surface area contributed by atoms with Crippen LogP contribution in [0.4, 0.5) is 0 Å². The first-order valence-electron chi connectivity index (χ1n) is 11.0. The van der Waals surface area contributed by atoms with Gasteiger partial charge in [0.05, 0.1) is 0 Å². The third-order valence-electron chi connectivity index (χ3n) is 5.15. The molecule has 3 N–H and O–H groups in total. The number of benzene rings is 2. The Morgan fingerprint density at radius 2 is 1.64 bits per heavy atom. The molecule has 0 spiro atoms. The molecule has 0 aromatic heterocycles. The Morgan fingerprint density at radius 3 is 2.27 bits per heavy atom. The molecule has 7 nitrogen and oxygen atoms in total. The minimum atomic E-state index is -0.0568. The lowest BCUT2D eigenvalue weighted by Crippen LogP contribution is -2.38. The van der Waals surface area contributed by atoms with Gasteiger partial charge in [0, 0.05) is 51.4 Å². The van der Waals surface area contributed by atoms with Crippen molar-refractivity contribution in [1.29, 1.82) is 0 Å². The maximum absolute atomic E-state index is 12.3. The molecule has 2 rings (SSSR count). The van der Waals surface area contributed by atoms with E-state index >= 15 is 0 Å². The van der Waals surface area contributed by atoms with Crippen LogP contribution in [0.15, 0.2) is 53.5 Å². The van der Waals surface area contributed by atoms with Gasteiger partial charge in [0.2, 0.25) is 0 Å². The fourth-order valence-electron chi connectivity index (χ4n) is 3.08. The maximum Gasteiger partial charge on any atom is 0.253 e. The van der Waals surface area contributed by atoms with Gasteiger partial charge >= 0.3 is 0 Å². The highest BCUT2D eigenvalue weighted by Gasteiger charge is 2.10. The number of rotatable bonds is 9. The highest BCUT2D eigenvalue weighted by Crippen LogP contribution is 2.08. The summed E-state index contributed by atoms with van der Waals surface area (Å²) >= 11 is 0. The van der Waals surface area contributed by atoms with Crippen LogP contribution in [-0.2, 0) is 13.0 Å². The normalized spacial score (nSPS) is 11.7. The minimum absolute atomic E-state index is 0. The van der Waals surface area contributed by atoms with E-state index < -0.39 is 0 Å². The SMILES string of the molecule is CCC(C)NC(=O)c1cccc(CNC(=NC)NCCc2cccc(C(=O)N(C)C)c2)c1.I. The molecular weight excluding hydrogens is 529 g/mol. The summed E-state index contributed by atoms with van der Waals surface area (Å²) < 4.78 is 0. The van der Waals surface area contributed by atoms with Gasteiger partial charge in [0.15, 0.2) is 5.96 Å². The Labute approximate surface area is 214 Å². The summed E-state index contributed by atoms with van der Waals surface area (Å²) in [7, 11) is 5.22. The van der Waals surface area contributed by atoms with Gasteiger partial charge in [-0.1, -0.05) is 31.2 Å². The molecule has 0 saturated carbocycles. The lowest BCUT2D eigenvalue weighted by Gasteiger charge is -2.14. The van der Waals surface area contributed by atoms with Gasteiger partial charge in [-0.05, 0) is 55.2 Å². The van der Waals surface area contributed by atoms with E-state index in [1.807, 2.05) is 62.4 Å². The number of guanidine groups is 1. The summed E-state index contributed by atoms with van der Waals surface area (Å²) in [5.74, 6) is 0.621. The second-order valence-electron chi connectivity index (χ2n) is 7.99. The lowest BCUT2D eigenvalue weighted by molar-refractivity contribution is 0.0827. The van der Waals surface area contributed by atoms with Crippen LogP contribution >= 0.6 is 24.0 Å². The summed E-state index contributed by atoms with van der Waals surface area (Å²) in [6.07, 6.45) is 1.66. The van der Waals surface area contributed by atoms with Crippen molar-refractivity contribution in [2.75, 3.05) is 27.7 Å². The number of hydrogen-bond acceptors (Lipinski definition) is 3. The second kappa shape index (κ2) is 14.5. The van der Waals surface area contributed by atoms with E-state index in [4.69, 9.17) is 0 Å². The fraction of sp³-hybridized carbons (Fsp3) is 0.400. The van der Waals surface area contributed by atoms with Gasteiger partial charge in [-0.25, -0.2) is 0 Å². The topological polar surface area (TPSA) is 85.8 Å². The average Bonchev–Trinajstić information content (AvgIpc) is 2.80. The molecule has 0 saturated heterocycles. The van der Waals surface area contributed by atoms with Crippen molar-refractivity contribution in [2.45, 2.75) is 39.3 Å². The van der Waals surface area contributed by atoms with Crippen LogP contribution < -0.4 is 16.0 Å². The van der Waals surface area contributed by atoms with Gasteiger partial charge < -0.3 is 20.9 Å². The number of aliphatic imine (C=N–C) groups is 1. The maximum atomic E-state index is 12.3. The zero-order valence-corrected chi connectivity index (χ0v) is 22.5. The molecule has 2 aromatic carbocycles. The third kappa shape index (κ3) is 9.41. The molecule has 0 heterocycles. The number of halogens is 1. The van der Waals surface area contributed by atoms with Crippen molar-refractivity contribution in [3.05, 3.63) is 70.8 Å². The largest absolute Gasteiger partial charge is 0.356 e. The molecule has 0 aliphatic rings. The van der Waals surface area contributed by atoms with Gasteiger partial charge in [-0.2, -0.15) is 0 Å². The second-order valence-corrected chi connectivity index (χ2v) is 7.99. The molecule has 2 aromatic rings. The van der Waals surface area contributed by atoms with E-state index in [2.05, 4.69) is 20.9 Å². The summed E-state index contributed by atoms with van der Waals surface area (Å²) in [4.78, 5) is 30.3. The van der Waals surface area contributed by atoms with E-state index in [0.717, 1.165) is 24.0 Å². The first-order chi connectivity index (χ1) is 15.3. The summed E-state index contributed by atoms with van der Waals surface area (Å²) in [5.41, 5.74) is 3.42. The summed E-state index contributed by atoms with van der Waals surface area (Å²) in [6.45, 7) is 5.27. The van der Waals surface area contributed by atoms with E-state index in [1.54, 1.807) is 26.0 Å². The number of carbonyl (C=O) groups is 2. The van der Waals surface area contributed by atoms with Gasteiger partial charge in [0.1, 0.15) is 0 Å². The molecule has 8 heteroatoms. The molecular formula is C25H36IN5O2. The number of nitrogens with zero attached hydrogens (tertiary/aromatic N) is 2. The fourth-order valence-corrected chi connectivity index (χ4v) is 3.08. The van der Waals surface area contributed by atoms with Crippen LogP contribution in [0.25, 0.3) is 0 Å². The average molecular weight is 566 g/mol. The quantitative estimate of drug-likeness (QED) is 0.247. The predicted octanol–water partition coefficient (Wildman–Crippen LogP) is 3.44. The van der Waals surface area contributed by atoms with E-state index in [-0.39, 0.29) is 41.8 Å². The van der Waals surface area contributed by atoms with E-state index in [1.165, 1.54) is 0 Å². The first kappa shape index (κ1) is 28.4. The molecule has 1 unspecified atom stereocenters. The minimum Gasteiger partial charge on any atom is -0.356 e. The summed E-state index contributed by atoms with van der Waals surface area (Å²) in [5, 5.41) is 9.57. The van der Waals surface area contributed by atoms with Gasteiger partial charge in [-0.15, -0.1) is 24.0 Å². The molecule has 180 valence electrons. The predicted molar refractivity (Wildman–Crippen MR) is 145 cm³/mol. The Hall–Kier alpha value is -2.62.